The van der Waals surface area contributed by atoms with Crippen LogP contribution in [0.3, 0.4) is 0 Å². The minimum atomic E-state index is 0. The van der Waals surface area contributed by atoms with Crippen molar-refractivity contribution in [2.24, 2.45) is 11.8 Å². The lowest BCUT2D eigenvalue weighted by Crippen LogP contribution is -2.32. The number of nitrogens with one attached hydrogen (secondary N) is 1. The number of carbonyl (C=O) groups excluding carboxylic acids is 1. The molecule has 4 rings (SSSR count). The van der Waals surface area contributed by atoms with Gasteiger partial charge < -0.3 is 15.0 Å². The highest BCUT2D eigenvalue weighted by atomic mass is 35.5. The van der Waals surface area contributed by atoms with Crippen LogP contribution in [-0.2, 0) is 0 Å². The zero-order valence-corrected chi connectivity index (χ0v) is 15.6. The molecule has 5 heteroatoms. The van der Waals surface area contributed by atoms with Gasteiger partial charge in [0.05, 0.1) is 0 Å². The summed E-state index contributed by atoms with van der Waals surface area (Å²) >= 11 is 0. The Morgan fingerprint density at radius 1 is 0.923 bits per heavy atom. The van der Waals surface area contributed by atoms with E-state index in [9.17, 15) is 4.79 Å². The molecule has 2 aliphatic heterocycles. The molecule has 4 nitrogen and oxygen atoms in total. The maximum atomic E-state index is 12.9. The van der Waals surface area contributed by atoms with E-state index in [1.54, 1.807) is 0 Å². The summed E-state index contributed by atoms with van der Waals surface area (Å²) in [6.07, 6.45) is 2.20. The fourth-order valence-corrected chi connectivity index (χ4v) is 3.92. The lowest BCUT2D eigenvalue weighted by molar-refractivity contribution is 0.0758. The zero-order chi connectivity index (χ0) is 17.1. The number of carbonyl (C=O) groups is 1. The second-order valence-corrected chi connectivity index (χ2v) is 6.99. The lowest BCUT2D eigenvalue weighted by Gasteiger charge is -2.21. The Labute approximate surface area is 160 Å². The van der Waals surface area contributed by atoms with Crippen molar-refractivity contribution in [3.8, 4) is 11.5 Å². The van der Waals surface area contributed by atoms with Crippen LogP contribution < -0.4 is 10.1 Å². The van der Waals surface area contributed by atoms with Gasteiger partial charge in [-0.1, -0.05) is 24.3 Å². The van der Waals surface area contributed by atoms with Gasteiger partial charge >= 0.3 is 0 Å². The predicted molar refractivity (Wildman–Crippen MR) is 105 cm³/mol. The Hall–Kier alpha value is -2.04. The minimum Gasteiger partial charge on any atom is -0.457 e. The van der Waals surface area contributed by atoms with E-state index in [1.165, 1.54) is 0 Å². The average molecular weight is 373 g/mol. The first-order valence-electron chi connectivity index (χ1n) is 9.12. The van der Waals surface area contributed by atoms with Crippen molar-refractivity contribution in [3.05, 3.63) is 60.2 Å². The Kier molecular flexibility index (Phi) is 6.17. The molecule has 1 N–H and O–H groups in total. The maximum Gasteiger partial charge on any atom is 0.253 e. The van der Waals surface area contributed by atoms with Crippen LogP contribution in [0.15, 0.2) is 54.6 Å². The van der Waals surface area contributed by atoms with Crippen LogP contribution >= 0.6 is 12.4 Å². The highest BCUT2D eigenvalue weighted by Gasteiger charge is 2.31. The van der Waals surface area contributed by atoms with Gasteiger partial charge in [0.15, 0.2) is 0 Å². The summed E-state index contributed by atoms with van der Waals surface area (Å²) in [5, 5.41) is 3.48. The standard InChI is InChI=1S/C21H24N2O2.ClH/c24-21(23-11-9-17-14-22-15-18(17)10-12-23)16-5-4-8-20(13-16)25-19-6-2-1-3-7-19;/h1-8,13,17-18,22H,9-12,14-15H2;1H/t17-,18+;. The van der Waals surface area contributed by atoms with Crippen LogP contribution in [0.1, 0.15) is 23.2 Å². The largest absolute Gasteiger partial charge is 0.457 e. The maximum absolute atomic E-state index is 12.9. The summed E-state index contributed by atoms with van der Waals surface area (Å²) in [5.41, 5.74) is 0.707. The molecule has 2 aromatic carbocycles. The monoisotopic (exact) mass is 372 g/mol. The van der Waals surface area contributed by atoms with Gasteiger partial charge in [-0.05, 0) is 68.1 Å². The second kappa shape index (κ2) is 8.56. The van der Waals surface area contributed by atoms with Crippen LogP contribution in [0, 0.1) is 11.8 Å². The summed E-state index contributed by atoms with van der Waals surface area (Å²) < 4.78 is 5.86. The summed E-state index contributed by atoms with van der Waals surface area (Å²) in [7, 11) is 0. The van der Waals surface area contributed by atoms with E-state index in [0.717, 1.165) is 56.6 Å². The molecule has 2 aromatic rings. The second-order valence-electron chi connectivity index (χ2n) is 6.99. The first-order valence-corrected chi connectivity index (χ1v) is 9.12. The van der Waals surface area contributed by atoms with E-state index in [0.29, 0.717) is 11.3 Å². The van der Waals surface area contributed by atoms with Crippen molar-refractivity contribution < 1.29 is 9.53 Å². The molecule has 0 saturated carbocycles. The highest BCUT2D eigenvalue weighted by molar-refractivity contribution is 5.94. The van der Waals surface area contributed by atoms with E-state index in [2.05, 4.69) is 5.32 Å². The molecule has 2 aliphatic rings. The SMILES string of the molecule is Cl.O=C(c1cccc(Oc2ccccc2)c1)N1CC[C@@H]2CNC[C@@H]2CC1. The molecule has 1 amide bonds. The summed E-state index contributed by atoms with van der Waals surface area (Å²) in [6.45, 7) is 3.91. The van der Waals surface area contributed by atoms with Gasteiger partial charge in [0.25, 0.3) is 5.91 Å². The number of amides is 1. The number of likely N-dealkylation sites (tertiary alicyclic amines) is 1. The number of rotatable bonds is 3. The van der Waals surface area contributed by atoms with Gasteiger partial charge in [0.2, 0.25) is 0 Å². The number of hydrogen-bond acceptors (Lipinski definition) is 3. The topological polar surface area (TPSA) is 41.6 Å². The van der Waals surface area contributed by atoms with Crippen molar-refractivity contribution in [1.29, 1.82) is 0 Å². The first kappa shape index (κ1) is 18.7. The van der Waals surface area contributed by atoms with Crippen LogP contribution in [0.5, 0.6) is 11.5 Å². The van der Waals surface area contributed by atoms with Crippen LogP contribution in [0.25, 0.3) is 0 Å². The van der Waals surface area contributed by atoms with E-state index < -0.39 is 0 Å². The quantitative estimate of drug-likeness (QED) is 0.886. The zero-order valence-electron chi connectivity index (χ0n) is 14.8. The van der Waals surface area contributed by atoms with Crippen LogP contribution in [-0.4, -0.2) is 37.0 Å². The van der Waals surface area contributed by atoms with Gasteiger partial charge in [-0.15, -0.1) is 12.4 Å². The smallest absolute Gasteiger partial charge is 0.253 e. The highest BCUT2D eigenvalue weighted by Crippen LogP contribution is 2.28. The Balaban J connectivity index is 0.00000196. The molecule has 26 heavy (non-hydrogen) atoms. The predicted octanol–water partition coefficient (Wildman–Crippen LogP) is 3.97. The molecule has 2 atom stereocenters. The van der Waals surface area contributed by atoms with E-state index >= 15 is 0 Å². The molecular formula is C21H25ClN2O2. The van der Waals surface area contributed by atoms with Crippen molar-refractivity contribution in [2.45, 2.75) is 12.8 Å². The lowest BCUT2D eigenvalue weighted by atomic mass is 9.92. The Bertz CT molecular complexity index is 724. The van der Waals surface area contributed by atoms with Gasteiger partial charge in [-0.3, -0.25) is 4.79 Å². The van der Waals surface area contributed by atoms with Gasteiger partial charge in [0.1, 0.15) is 11.5 Å². The third-order valence-electron chi connectivity index (χ3n) is 5.37. The number of benzene rings is 2. The normalized spacial score (nSPS) is 22.1. The number of fused-ring (bicyclic) bond motifs is 1. The third-order valence-corrected chi connectivity index (χ3v) is 5.37. The Morgan fingerprint density at radius 2 is 1.58 bits per heavy atom. The number of nitrogens with zero attached hydrogens (tertiary/aromatic N) is 1. The Morgan fingerprint density at radius 3 is 2.27 bits per heavy atom. The molecule has 0 radical (unpaired) electrons. The van der Waals surface area contributed by atoms with E-state index in [-0.39, 0.29) is 18.3 Å². The van der Waals surface area contributed by atoms with Gasteiger partial charge in [-0.2, -0.15) is 0 Å². The van der Waals surface area contributed by atoms with E-state index in [4.69, 9.17) is 4.74 Å². The van der Waals surface area contributed by atoms with Crippen molar-refractivity contribution in [2.75, 3.05) is 26.2 Å². The number of para-hydroxylation sites is 1. The number of halogens is 1. The molecule has 2 fully saturated rings. The van der Waals surface area contributed by atoms with Crippen molar-refractivity contribution in [1.82, 2.24) is 10.2 Å². The molecule has 138 valence electrons. The first-order chi connectivity index (χ1) is 12.3. The number of ether oxygens (including phenoxy) is 1. The molecule has 0 aromatic heterocycles. The molecule has 2 heterocycles. The van der Waals surface area contributed by atoms with Crippen LogP contribution in [0.4, 0.5) is 0 Å². The van der Waals surface area contributed by atoms with Crippen molar-refractivity contribution >= 4 is 18.3 Å². The van der Waals surface area contributed by atoms with Gasteiger partial charge in [0, 0.05) is 18.7 Å². The molecule has 2 saturated heterocycles. The fourth-order valence-electron chi connectivity index (χ4n) is 3.92. The summed E-state index contributed by atoms with van der Waals surface area (Å²) in [4.78, 5) is 14.9. The average Bonchev–Trinajstić information content (AvgIpc) is 3.01. The molecule has 0 bridgehead atoms. The number of hydrogen-bond donors (Lipinski definition) is 1. The van der Waals surface area contributed by atoms with Crippen LogP contribution in [0.2, 0.25) is 0 Å². The molecule has 0 unspecified atom stereocenters. The van der Waals surface area contributed by atoms with Gasteiger partial charge in [-0.25, -0.2) is 0 Å². The van der Waals surface area contributed by atoms with E-state index in [1.807, 2.05) is 59.5 Å². The molecule has 0 spiro atoms. The molecule has 0 aliphatic carbocycles. The molecular weight excluding hydrogens is 348 g/mol. The summed E-state index contributed by atoms with van der Waals surface area (Å²) in [6, 6.07) is 17.2. The summed E-state index contributed by atoms with van der Waals surface area (Å²) in [5.74, 6) is 3.05. The fraction of sp³-hybridized carbons (Fsp3) is 0.381. The third kappa shape index (κ3) is 4.19. The minimum absolute atomic E-state index is 0. The van der Waals surface area contributed by atoms with Crippen molar-refractivity contribution in [3.63, 3.8) is 0 Å².